The summed E-state index contributed by atoms with van der Waals surface area (Å²) in [4.78, 5) is 27.4. The summed E-state index contributed by atoms with van der Waals surface area (Å²) in [6, 6.07) is 5.76. The van der Waals surface area contributed by atoms with Crippen LogP contribution in [0.1, 0.15) is 13.8 Å². The van der Waals surface area contributed by atoms with E-state index >= 15 is 0 Å². The van der Waals surface area contributed by atoms with E-state index in [1.165, 1.54) is 9.80 Å². The summed E-state index contributed by atoms with van der Waals surface area (Å²) in [5.41, 5.74) is -0.219. The molecule has 19 heavy (non-hydrogen) atoms. The zero-order chi connectivity index (χ0) is 13.8. The first kappa shape index (κ1) is 12.4. The van der Waals surface area contributed by atoms with Gasteiger partial charge in [0, 0.05) is 5.02 Å². The van der Waals surface area contributed by atoms with Crippen molar-refractivity contribution in [2.75, 3.05) is 11.5 Å². The fraction of sp³-hybridized carbons (Fsp3) is 0.385. The van der Waals surface area contributed by atoms with Crippen LogP contribution in [0, 0.1) is 0 Å². The van der Waals surface area contributed by atoms with Gasteiger partial charge in [-0.1, -0.05) is 11.6 Å². The lowest BCUT2D eigenvalue weighted by Crippen LogP contribution is -2.45. The van der Waals surface area contributed by atoms with E-state index in [-0.39, 0.29) is 18.5 Å². The van der Waals surface area contributed by atoms with E-state index in [2.05, 4.69) is 0 Å². The smallest absolute Gasteiger partial charge is 0.334 e. The maximum Gasteiger partial charge on any atom is 0.334 e. The molecule has 1 aromatic rings. The average Bonchev–Trinajstić information content (AvgIpc) is 2.79. The Bertz CT molecular complexity index is 556. The summed E-state index contributed by atoms with van der Waals surface area (Å²) < 4.78 is 5.49. The molecule has 1 atom stereocenters. The molecule has 5 nitrogen and oxygen atoms in total. The molecule has 3 amide bonds. The Morgan fingerprint density at radius 1 is 1.26 bits per heavy atom. The molecule has 100 valence electrons. The third-order valence-corrected chi connectivity index (χ3v) is 3.73. The van der Waals surface area contributed by atoms with E-state index < -0.39 is 11.8 Å². The first-order valence-corrected chi connectivity index (χ1v) is 6.36. The molecule has 0 bridgehead atoms. The highest BCUT2D eigenvalue weighted by Crippen LogP contribution is 2.36. The number of ether oxygens (including phenoxy) is 1. The SMILES string of the molecule is CC1(C)OC[C@H]2C(=O)N(c3ccc(Cl)cc3)C(=O)N21. The van der Waals surface area contributed by atoms with Gasteiger partial charge < -0.3 is 4.74 Å². The maximum atomic E-state index is 12.4. The number of rotatable bonds is 1. The highest BCUT2D eigenvalue weighted by atomic mass is 35.5. The van der Waals surface area contributed by atoms with Gasteiger partial charge in [-0.05, 0) is 38.1 Å². The van der Waals surface area contributed by atoms with Crippen molar-refractivity contribution in [2.45, 2.75) is 25.6 Å². The largest absolute Gasteiger partial charge is 0.353 e. The van der Waals surface area contributed by atoms with Gasteiger partial charge in [-0.15, -0.1) is 0 Å². The second kappa shape index (κ2) is 3.95. The number of carbonyl (C=O) groups excluding carboxylic acids is 2. The van der Waals surface area contributed by atoms with Gasteiger partial charge in [-0.2, -0.15) is 0 Å². The number of halogens is 1. The second-order valence-electron chi connectivity index (χ2n) is 5.08. The zero-order valence-electron chi connectivity index (χ0n) is 10.6. The van der Waals surface area contributed by atoms with Gasteiger partial charge in [-0.3, -0.25) is 9.69 Å². The number of hydrogen-bond donors (Lipinski definition) is 0. The topological polar surface area (TPSA) is 49.9 Å². The lowest BCUT2D eigenvalue weighted by atomic mass is 10.2. The molecular weight excluding hydrogens is 268 g/mol. The normalized spacial score (nSPS) is 25.1. The van der Waals surface area contributed by atoms with E-state index in [9.17, 15) is 9.59 Å². The van der Waals surface area contributed by atoms with Crippen molar-refractivity contribution in [3.05, 3.63) is 29.3 Å². The van der Waals surface area contributed by atoms with Gasteiger partial charge in [0.2, 0.25) is 0 Å². The quantitative estimate of drug-likeness (QED) is 0.741. The fourth-order valence-corrected chi connectivity index (χ4v) is 2.65. The Morgan fingerprint density at radius 3 is 2.47 bits per heavy atom. The van der Waals surface area contributed by atoms with Crippen molar-refractivity contribution in [3.63, 3.8) is 0 Å². The van der Waals surface area contributed by atoms with E-state index in [0.29, 0.717) is 10.7 Å². The van der Waals surface area contributed by atoms with Crippen LogP contribution in [-0.2, 0) is 9.53 Å². The van der Waals surface area contributed by atoms with Crippen molar-refractivity contribution in [1.82, 2.24) is 4.90 Å². The van der Waals surface area contributed by atoms with Crippen LogP contribution in [0.2, 0.25) is 5.02 Å². The predicted molar refractivity (Wildman–Crippen MR) is 70.0 cm³/mol. The van der Waals surface area contributed by atoms with Gasteiger partial charge in [-0.25, -0.2) is 9.69 Å². The van der Waals surface area contributed by atoms with Crippen LogP contribution in [0.5, 0.6) is 0 Å². The van der Waals surface area contributed by atoms with Crippen molar-refractivity contribution in [2.24, 2.45) is 0 Å². The summed E-state index contributed by atoms with van der Waals surface area (Å²) in [7, 11) is 0. The fourth-order valence-electron chi connectivity index (χ4n) is 2.53. The molecule has 2 saturated heterocycles. The molecule has 6 heteroatoms. The number of imide groups is 1. The number of fused-ring (bicyclic) bond motifs is 1. The molecule has 0 radical (unpaired) electrons. The lowest BCUT2D eigenvalue weighted by Gasteiger charge is -2.28. The van der Waals surface area contributed by atoms with Gasteiger partial charge in [0.05, 0.1) is 12.3 Å². The van der Waals surface area contributed by atoms with Crippen LogP contribution >= 0.6 is 11.6 Å². The Kier molecular flexibility index (Phi) is 2.59. The molecule has 0 aliphatic carbocycles. The Balaban J connectivity index is 1.99. The van der Waals surface area contributed by atoms with Gasteiger partial charge in [0.25, 0.3) is 5.91 Å². The third-order valence-electron chi connectivity index (χ3n) is 3.47. The van der Waals surface area contributed by atoms with E-state index in [1.807, 2.05) is 0 Å². The molecule has 1 aromatic carbocycles. The Hall–Kier alpha value is -1.59. The van der Waals surface area contributed by atoms with Crippen LogP contribution in [0.3, 0.4) is 0 Å². The number of benzene rings is 1. The number of hydrogen-bond acceptors (Lipinski definition) is 3. The first-order valence-electron chi connectivity index (χ1n) is 5.98. The van der Waals surface area contributed by atoms with Crippen molar-refractivity contribution < 1.29 is 14.3 Å². The highest BCUT2D eigenvalue weighted by molar-refractivity contribution is 6.30. The van der Waals surface area contributed by atoms with Crippen LogP contribution in [-0.4, -0.2) is 35.2 Å². The molecule has 0 aromatic heterocycles. The number of nitrogens with zero attached hydrogens (tertiary/aromatic N) is 2. The predicted octanol–water partition coefficient (Wildman–Crippen LogP) is 2.24. The molecule has 2 heterocycles. The maximum absolute atomic E-state index is 12.4. The summed E-state index contributed by atoms with van der Waals surface area (Å²) >= 11 is 5.81. The summed E-state index contributed by atoms with van der Waals surface area (Å²) in [6.45, 7) is 3.80. The minimum Gasteiger partial charge on any atom is -0.353 e. The van der Waals surface area contributed by atoms with Crippen molar-refractivity contribution in [3.8, 4) is 0 Å². The second-order valence-corrected chi connectivity index (χ2v) is 5.51. The third kappa shape index (κ3) is 1.73. The Labute approximate surface area is 115 Å². The van der Waals surface area contributed by atoms with E-state index in [0.717, 1.165) is 0 Å². The molecular formula is C13H13ClN2O3. The number of anilines is 1. The monoisotopic (exact) mass is 280 g/mol. The molecule has 2 aliphatic rings. The molecule has 2 aliphatic heterocycles. The van der Waals surface area contributed by atoms with Gasteiger partial charge >= 0.3 is 6.03 Å². The molecule has 0 spiro atoms. The Morgan fingerprint density at radius 2 is 1.89 bits per heavy atom. The summed E-state index contributed by atoms with van der Waals surface area (Å²) in [6.07, 6.45) is 0. The van der Waals surface area contributed by atoms with E-state index in [1.54, 1.807) is 38.1 Å². The molecule has 0 unspecified atom stereocenters. The number of carbonyl (C=O) groups is 2. The minimum absolute atomic E-state index is 0.238. The molecule has 0 saturated carbocycles. The highest BCUT2D eigenvalue weighted by Gasteiger charge is 2.56. The van der Waals surface area contributed by atoms with Crippen LogP contribution < -0.4 is 4.90 Å². The lowest BCUT2D eigenvalue weighted by molar-refractivity contribution is -0.119. The van der Waals surface area contributed by atoms with Crippen molar-refractivity contribution in [1.29, 1.82) is 0 Å². The summed E-state index contributed by atoms with van der Waals surface area (Å²) in [5.74, 6) is -0.252. The van der Waals surface area contributed by atoms with Gasteiger partial charge in [0.1, 0.15) is 11.8 Å². The van der Waals surface area contributed by atoms with Crippen LogP contribution in [0.25, 0.3) is 0 Å². The number of urea groups is 1. The van der Waals surface area contributed by atoms with Crippen molar-refractivity contribution >= 4 is 29.2 Å². The standard InChI is InChI=1S/C13H13ClN2O3/c1-13(2)16-10(7-19-13)11(17)15(12(16)18)9-5-3-8(14)4-6-9/h3-6,10H,7H2,1-2H3/t10-/m0/s1. The molecule has 2 fully saturated rings. The first-order chi connectivity index (χ1) is 8.92. The molecule has 0 N–H and O–H groups in total. The summed E-state index contributed by atoms with van der Waals surface area (Å²) in [5, 5.41) is 0.562. The molecule has 3 rings (SSSR count). The minimum atomic E-state index is -0.751. The van der Waals surface area contributed by atoms with Crippen LogP contribution in [0.15, 0.2) is 24.3 Å². The van der Waals surface area contributed by atoms with Crippen LogP contribution in [0.4, 0.5) is 10.5 Å². The number of amides is 3. The van der Waals surface area contributed by atoms with E-state index in [4.69, 9.17) is 16.3 Å². The average molecular weight is 281 g/mol. The zero-order valence-corrected chi connectivity index (χ0v) is 11.3. The van der Waals surface area contributed by atoms with Gasteiger partial charge in [0.15, 0.2) is 0 Å².